The first-order valence-corrected chi connectivity index (χ1v) is 11.3. The first-order chi connectivity index (χ1) is 16.0. The van der Waals surface area contributed by atoms with Crippen molar-refractivity contribution >= 4 is 17.5 Å². The summed E-state index contributed by atoms with van der Waals surface area (Å²) in [5.41, 5.74) is 1.68. The first kappa shape index (κ1) is 23.0. The number of ether oxygens (including phenoxy) is 2. The van der Waals surface area contributed by atoms with E-state index in [2.05, 4.69) is 10.2 Å². The topological polar surface area (TPSA) is 71.1 Å². The predicted molar refractivity (Wildman–Crippen MR) is 123 cm³/mol. The van der Waals surface area contributed by atoms with Gasteiger partial charge in [0.05, 0.1) is 20.1 Å². The van der Waals surface area contributed by atoms with Gasteiger partial charge < -0.3 is 19.7 Å². The summed E-state index contributed by atoms with van der Waals surface area (Å²) in [4.78, 5) is 29.2. The Morgan fingerprint density at radius 2 is 1.82 bits per heavy atom. The Morgan fingerprint density at radius 3 is 2.45 bits per heavy atom. The van der Waals surface area contributed by atoms with Crippen molar-refractivity contribution in [3.8, 4) is 11.5 Å². The van der Waals surface area contributed by atoms with Crippen molar-refractivity contribution < 1.29 is 23.5 Å². The molecule has 0 aromatic heterocycles. The van der Waals surface area contributed by atoms with Gasteiger partial charge in [-0.1, -0.05) is 6.07 Å². The van der Waals surface area contributed by atoms with Gasteiger partial charge in [0.15, 0.2) is 11.6 Å². The van der Waals surface area contributed by atoms with Gasteiger partial charge in [0.25, 0.3) is 0 Å². The molecule has 1 unspecified atom stereocenters. The average molecular weight is 456 g/mol. The van der Waals surface area contributed by atoms with Crippen LogP contribution in [-0.2, 0) is 16.1 Å². The van der Waals surface area contributed by atoms with Crippen molar-refractivity contribution in [2.45, 2.75) is 31.8 Å². The van der Waals surface area contributed by atoms with Crippen LogP contribution >= 0.6 is 0 Å². The molecule has 0 spiro atoms. The molecule has 2 fully saturated rings. The number of likely N-dealkylation sites (tertiary alicyclic amines) is 1. The molecule has 2 saturated heterocycles. The van der Waals surface area contributed by atoms with E-state index < -0.39 is 0 Å². The lowest BCUT2D eigenvalue weighted by molar-refractivity contribution is -0.127. The van der Waals surface area contributed by atoms with Crippen LogP contribution in [0.3, 0.4) is 0 Å². The number of nitrogens with zero attached hydrogens (tertiary/aromatic N) is 2. The maximum absolute atomic E-state index is 13.9. The van der Waals surface area contributed by atoms with Gasteiger partial charge in [0.1, 0.15) is 5.75 Å². The average Bonchev–Trinajstić information content (AvgIpc) is 3.22. The summed E-state index contributed by atoms with van der Waals surface area (Å²) in [6.07, 6.45) is 1.88. The van der Waals surface area contributed by atoms with E-state index in [4.69, 9.17) is 9.47 Å². The number of amides is 2. The standard InChI is InChI=1S/C25H30FN3O4/c1-32-21-6-4-20(5-7-21)29-16-18(14-24(29)30)25(31)27-19-9-11-28(12-10-19)15-17-3-8-23(33-2)22(26)13-17/h3-8,13,18-19H,9-12,14-16H2,1-2H3,(H,27,31). The highest BCUT2D eigenvalue weighted by Gasteiger charge is 2.36. The molecule has 7 nitrogen and oxygen atoms in total. The van der Waals surface area contributed by atoms with Crippen LogP contribution in [-0.4, -0.2) is 56.6 Å². The van der Waals surface area contributed by atoms with E-state index in [1.54, 1.807) is 18.1 Å². The molecule has 176 valence electrons. The number of halogens is 1. The number of nitrogens with one attached hydrogen (secondary N) is 1. The molecular formula is C25H30FN3O4. The fraction of sp³-hybridized carbons (Fsp3) is 0.440. The fourth-order valence-corrected chi connectivity index (χ4v) is 4.52. The molecule has 0 radical (unpaired) electrons. The van der Waals surface area contributed by atoms with E-state index in [1.165, 1.54) is 13.2 Å². The molecule has 0 aliphatic carbocycles. The summed E-state index contributed by atoms with van der Waals surface area (Å²) in [5, 5.41) is 3.14. The van der Waals surface area contributed by atoms with Gasteiger partial charge in [0, 0.05) is 44.3 Å². The highest BCUT2D eigenvalue weighted by atomic mass is 19.1. The Morgan fingerprint density at radius 1 is 1.09 bits per heavy atom. The van der Waals surface area contributed by atoms with Crippen molar-refractivity contribution in [2.75, 3.05) is 38.8 Å². The van der Waals surface area contributed by atoms with Gasteiger partial charge in [-0.2, -0.15) is 0 Å². The van der Waals surface area contributed by atoms with Crippen molar-refractivity contribution in [1.29, 1.82) is 0 Å². The second-order valence-electron chi connectivity index (χ2n) is 8.63. The lowest BCUT2D eigenvalue weighted by Crippen LogP contribution is -2.46. The third-order valence-corrected chi connectivity index (χ3v) is 6.44. The van der Waals surface area contributed by atoms with Gasteiger partial charge in [-0.15, -0.1) is 0 Å². The third kappa shape index (κ3) is 5.45. The summed E-state index contributed by atoms with van der Waals surface area (Å²) in [5.74, 6) is 0.169. The van der Waals surface area contributed by atoms with Crippen LogP contribution in [0.25, 0.3) is 0 Å². The summed E-state index contributed by atoms with van der Waals surface area (Å²) in [6, 6.07) is 12.4. The van der Waals surface area contributed by atoms with Crippen molar-refractivity contribution in [1.82, 2.24) is 10.2 Å². The van der Waals surface area contributed by atoms with Gasteiger partial charge in [-0.25, -0.2) is 4.39 Å². The molecule has 2 heterocycles. The number of piperidine rings is 1. The highest BCUT2D eigenvalue weighted by Crippen LogP contribution is 2.27. The molecule has 2 amide bonds. The number of carbonyl (C=O) groups excluding carboxylic acids is 2. The minimum absolute atomic E-state index is 0.0399. The van der Waals surface area contributed by atoms with E-state index >= 15 is 0 Å². The number of hydrogen-bond donors (Lipinski definition) is 1. The Hall–Kier alpha value is -3.13. The Kier molecular flexibility index (Phi) is 7.13. The molecule has 1 N–H and O–H groups in total. The van der Waals surface area contributed by atoms with E-state index in [-0.39, 0.29) is 41.8 Å². The van der Waals surface area contributed by atoms with Crippen LogP contribution < -0.4 is 19.7 Å². The number of anilines is 1. The molecule has 0 saturated carbocycles. The zero-order valence-corrected chi connectivity index (χ0v) is 19.1. The molecule has 2 aliphatic rings. The van der Waals surface area contributed by atoms with Crippen molar-refractivity contribution in [3.63, 3.8) is 0 Å². The van der Waals surface area contributed by atoms with E-state index in [0.29, 0.717) is 13.1 Å². The fourth-order valence-electron chi connectivity index (χ4n) is 4.52. The number of hydrogen-bond acceptors (Lipinski definition) is 5. The van der Waals surface area contributed by atoms with Crippen LogP contribution in [0, 0.1) is 11.7 Å². The largest absolute Gasteiger partial charge is 0.497 e. The van der Waals surface area contributed by atoms with Gasteiger partial charge in [-0.05, 0) is 54.8 Å². The molecule has 0 bridgehead atoms. The van der Waals surface area contributed by atoms with E-state index in [0.717, 1.165) is 42.9 Å². The summed E-state index contributed by atoms with van der Waals surface area (Å²) < 4.78 is 24.1. The van der Waals surface area contributed by atoms with Crippen LogP contribution in [0.5, 0.6) is 11.5 Å². The molecule has 2 aromatic rings. The van der Waals surface area contributed by atoms with E-state index in [1.807, 2.05) is 30.3 Å². The quantitative estimate of drug-likeness (QED) is 0.695. The van der Waals surface area contributed by atoms with E-state index in [9.17, 15) is 14.0 Å². The third-order valence-electron chi connectivity index (χ3n) is 6.44. The van der Waals surface area contributed by atoms with Crippen LogP contribution in [0.2, 0.25) is 0 Å². The summed E-state index contributed by atoms with van der Waals surface area (Å²) in [7, 11) is 3.05. The minimum Gasteiger partial charge on any atom is -0.497 e. The maximum Gasteiger partial charge on any atom is 0.227 e. The molecule has 2 aliphatic heterocycles. The zero-order chi connectivity index (χ0) is 23.4. The van der Waals surface area contributed by atoms with Crippen LogP contribution in [0.15, 0.2) is 42.5 Å². The van der Waals surface area contributed by atoms with Crippen LogP contribution in [0.1, 0.15) is 24.8 Å². The molecule has 2 aromatic carbocycles. The number of methoxy groups -OCH3 is 2. The van der Waals surface area contributed by atoms with Crippen molar-refractivity contribution in [2.24, 2.45) is 5.92 Å². The molecular weight excluding hydrogens is 425 g/mol. The summed E-state index contributed by atoms with van der Waals surface area (Å²) in [6.45, 7) is 2.69. The van der Waals surface area contributed by atoms with Gasteiger partial charge in [-0.3, -0.25) is 14.5 Å². The van der Waals surface area contributed by atoms with Crippen molar-refractivity contribution in [3.05, 3.63) is 53.8 Å². The molecule has 1 atom stereocenters. The second kappa shape index (κ2) is 10.2. The first-order valence-electron chi connectivity index (χ1n) is 11.3. The van der Waals surface area contributed by atoms with Gasteiger partial charge in [0.2, 0.25) is 11.8 Å². The Bertz CT molecular complexity index is 990. The maximum atomic E-state index is 13.9. The SMILES string of the molecule is COc1ccc(N2CC(C(=O)NC3CCN(Cc4ccc(OC)c(F)c4)CC3)CC2=O)cc1. The molecule has 8 heteroatoms. The Labute approximate surface area is 193 Å². The molecule has 4 rings (SSSR count). The normalized spacial score (nSPS) is 19.5. The highest BCUT2D eigenvalue weighted by molar-refractivity contribution is 6.00. The Balaban J connectivity index is 1.25. The van der Waals surface area contributed by atoms with Gasteiger partial charge >= 0.3 is 0 Å². The second-order valence-corrected chi connectivity index (χ2v) is 8.63. The summed E-state index contributed by atoms with van der Waals surface area (Å²) >= 11 is 0. The smallest absolute Gasteiger partial charge is 0.227 e. The minimum atomic E-state index is -0.355. The lowest BCUT2D eigenvalue weighted by Gasteiger charge is -2.32. The zero-order valence-electron chi connectivity index (χ0n) is 19.1. The lowest BCUT2D eigenvalue weighted by atomic mass is 10.0. The number of carbonyl (C=O) groups is 2. The predicted octanol–water partition coefficient (Wildman–Crippen LogP) is 2.98. The number of rotatable bonds is 7. The number of benzene rings is 2. The van der Waals surface area contributed by atoms with Crippen LogP contribution in [0.4, 0.5) is 10.1 Å². The molecule has 33 heavy (non-hydrogen) atoms. The monoisotopic (exact) mass is 455 g/mol.